The van der Waals surface area contributed by atoms with Crippen LogP contribution in [0, 0.1) is 0 Å². The van der Waals surface area contributed by atoms with Gasteiger partial charge in [0.25, 0.3) is 0 Å². The molecule has 1 aromatic heterocycles. The summed E-state index contributed by atoms with van der Waals surface area (Å²) in [6.07, 6.45) is -3.60. The van der Waals surface area contributed by atoms with Crippen LogP contribution in [0.25, 0.3) is 17.1 Å². The van der Waals surface area contributed by atoms with Crippen molar-refractivity contribution >= 4 is 0 Å². The number of methoxy groups -OCH3 is 1. The molecule has 142 valence electrons. The van der Waals surface area contributed by atoms with Crippen molar-refractivity contribution in [2.45, 2.75) is 6.18 Å². The lowest BCUT2D eigenvalue weighted by atomic mass is 10.2. The first kappa shape index (κ1) is 18.8. The molecule has 3 aromatic rings. The van der Waals surface area contributed by atoms with E-state index in [0.717, 1.165) is 6.20 Å². The molecule has 0 atom stereocenters. The molecule has 0 amide bonds. The van der Waals surface area contributed by atoms with Gasteiger partial charge in [-0.25, -0.2) is 4.98 Å². The van der Waals surface area contributed by atoms with Crippen LogP contribution in [0.3, 0.4) is 0 Å². The molecule has 0 radical (unpaired) electrons. The number of alkyl halides is 3. The first-order valence-corrected chi connectivity index (χ1v) is 8.07. The van der Waals surface area contributed by atoms with Crippen LogP contribution in [0.15, 0.2) is 54.7 Å². The molecule has 0 aliphatic carbocycles. The first-order valence-electron chi connectivity index (χ1n) is 8.07. The fourth-order valence-electron chi connectivity index (χ4n) is 2.52. The summed E-state index contributed by atoms with van der Waals surface area (Å²) in [6, 6.07) is 13.1. The maximum absolute atomic E-state index is 13.2. The summed E-state index contributed by atoms with van der Waals surface area (Å²) in [5.41, 5.74) is 0.0426. The molecule has 0 aliphatic rings. The predicted octanol–water partition coefficient (Wildman–Crippen LogP) is 3.94. The van der Waals surface area contributed by atoms with E-state index in [2.05, 4.69) is 4.98 Å². The Morgan fingerprint density at radius 2 is 1.63 bits per heavy atom. The van der Waals surface area contributed by atoms with E-state index in [1.165, 1.54) is 11.7 Å². The van der Waals surface area contributed by atoms with Crippen LogP contribution in [0.5, 0.6) is 11.5 Å². The number of hydrogen-bond acceptors (Lipinski definition) is 4. The van der Waals surface area contributed by atoms with Crippen molar-refractivity contribution in [2.24, 2.45) is 0 Å². The summed E-state index contributed by atoms with van der Waals surface area (Å²) in [7, 11) is 1.51. The minimum atomic E-state index is -4.56. The molecule has 27 heavy (non-hydrogen) atoms. The summed E-state index contributed by atoms with van der Waals surface area (Å²) >= 11 is 0. The number of hydrogen-bond donors (Lipinski definition) is 1. The third-order valence-electron chi connectivity index (χ3n) is 3.82. The monoisotopic (exact) mass is 378 g/mol. The zero-order chi connectivity index (χ0) is 19.4. The van der Waals surface area contributed by atoms with Crippen LogP contribution < -0.4 is 9.47 Å². The van der Waals surface area contributed by atoms with E-state index >= 15 is 0 Å². The minimum absolute atomic E-state index is 0.125. The van der Waals surface area contributed by atoms with Crippen molar-refractivity contribution in [3.63, 3.8) is 0 Å². The zero-order valence-electron chi connectivity index (χ0n) is 14.4. The lowest BCUT2D eigenvalue weighted by Crippen LogP contribution is -2.05. The number of aliphatic hydroxyl groups excluding tert-OH is 1. The second kappa shape index (κ2) is 7.71. The van der Waals surface area contributed by atoms with E-state index in [9.17, 15) is 13.2 Å². The molecule has 0 bridgehead atoms. The molecule has 3 rings (SSSR count). The van der Waals surface area contributed by atoms with Crippen molar-refractivity contribution in [3.8, 4) is 28.6 Å². The van der Waals surface area contributed by atoms with Gasteiger partial charge >= 0.3 is 6.18 Å². The lowest BCUT2D eigenvalue weighted by molar-refractivity contribution is -0.140. The minimum Gasteiger partial charge on any atom is -0.497 e. The zero-order valence-corrected chi connectivity index (χ0v) is 14.4. The van der Waals surface area contributed by atoms with E-state index in [-0.39, 0.29) is 19.0 Å². The molecular formula is C19H17F3N2O3. The molecule has 8 heteroatoms. The Hall–Kier alpha value is -3.00. The number of nitrogens with zero attached hydrogens (tertiary/aromatic N) is 2. The van der Waals surface area contributed by atoms with E-state index < -0.39 is 11.9 Å². The highest BCUT2D eigenvalue weighted by Gasteiger charge is 2.35. The normalized spacial score (nSPS) is 11.4. The Bertz CT molecular complexity index is 888. The van der Waals surface area contributed by atoms with Gasteiger partial charge in [-0.3, -0.25) is 4.57 Å². The van der Waals surface area contributed by atoms with Crippen molar-refractivity contribution in [1.29, 1.82) is 0 Å². The molecule has 0 saturated carbocycles. The summed E-state index contributed by atoms with van der Waals surface area (Å²) < 4.78 is 51.3. The number of ether oxygens (including phenoxy) is 2. The second-order valence-corrected chi connectivity index (χ2v) is 5.61. The van der Waals surface area contributed by atoms with E-state index in [1.807, 2.05) is 0 Å². The molecule has 0 unspecified atom stereocenters. The van der Waals surface area contributed by atoms with Crippen molar-refractivity contribution in [1.82, 2.24) is 9.55 Å². The van der Waals surface area contributed by atoms with Crippen LogP contribution in [0.2, 0.25) is 0 Å². The van der Waals surface area contributed by atoms with Gasteiger partial charge in [-0.2, -0.15) is 13.2 Å². The van der Waals surface area contributed by atoms with Gasteiger partial charge in [0.1, 0.15) is 23.9 Å². The van der Waals surface area contributed by atoms with Crippen molar-refractivity contribution < 1.29 is 27.8 Å². The van der Waals surface area contributed by atoms with Gasteiger partial charge in [0, 0.05) is 17.4 Å². The second-order valence-electron chi connectivity index (χ2n) is 5.61. The van der Waals surface area contributed by atoms with Gasteiger partial charge in [0.15, 0.2) is 5.69 Å². The van der Waals surface area contributed by atoms with Gasteiger partial charge in [-0.1, -0.05) is 0 Å². The fourth-order valence-corrected chi connectivity index (χ4v) is 2.52. The average molecular weight is 378 g/mol. The van der Waals surface area contributed by atoms with E-state index in [1.54, 1.807) is 48.5 Å². The number of halogens is 3. The summed E-state index contributed by atoms with van der Waals surface area (Å²) in [6.45, 7) is 0.0135. The molecule has 0 spiro atoms. The molecule has 2 aromatic carbocycles. The smallest absolute Gasteiger partial charge is 0.434 e. The highest BCUT2D eigenvalue weighted by molar-refractivity contribution is 5.60. The van der Waals surface area contributed by atoms with Gasteiger partial charge in [-0.15, -0.1) is 0 Å². The van der Waals surface area contributed by atoms with Gasteiger partial charge in [0.05, 0.1) is 13.7 Å². The molecule has 1 N–H and O–H groups in total. The van der Waals surface area contributed by atoms with Crippen LogP contribution in [-0.4, -0.2) is 35.0 Å². The van der Waals surface area contributed by atoms with Crippen molar-refractivity contribution in [2.75, 3.05) is 20.3 Å². The summed E-state index contributed by atoms with van der Waals surface area (Å²) in [4.78, 5) is 3.79. The maximum atomic E-state index is 13.2. The van der Waals surface area contributed by atoms with Gasteiger partial charge in [-0.05, 0) is 48.5 Å². The van der Waals surface area contributed by atoms with Crippen LogP contribution in [0.1, 0.15) is 5.69 Å². The molecular weight excluding hydrogens is 361 g/mol. The highest BCUT2D eigenvalue weighted by Crippen LogP contribution is 2.33. The van der Waals surface area contributed by atoms with E-state index in [4.69, 9.17) is 14.6 Å². The Balaban J connectivity index is 2.03. The predicted molar refractivity (Wildman–Crippen MR) is 93.1 cm³/mol. The number of aliphatic hydroxyl groups is 1. The Kier molecular flexibility index (Phi) is 5.36. The first-order chi connectivity index (χ1) is 12.9. The molecule has 0 fully saturated rings. The molecule has 1 heterocycles. The molecule has 0 aliphatic heterocycles. The Labute approximate surface area is 153 Å². The fraction of sp³-hybridized carbons (Fsp3) is 0.211. The molecule has 5 nitrogen and oxygen atoms in total. The average Bonchev–Trinajstić information content (AvgIpc) is 3.13. The van der Waals surface area contributed by atoms with Crippen molar-refractivity contribution in [3.05, 3.63) is 60.4 Å². The summed E-state index contributed by atoms with van der Waals surface area (Å²) in [5.74, 6) is 1.27. The highest BCUT2D eigenvalue weighted by atomic mass is 19.4. The number of aromatic nitrogens is 2. The van der Waals surface area contributed by atoms with Gasteiger partial charge in [0.2, 0.25) is 0 Å². The maximum Gasteiger partial charge on any atom is 0.434 e. The summed E-state index contributed by atoms with van der Waals surface area (Å²) in [5, 5.41) is 8.79. The third-order valence-corrected chi connectivity index (χ3v) is 3.82. The third kappa shape index (κ3) is 4.22. The Morgan fingerprint density at radius 3 is 2.19 bits per heavy atom. The number of benzene rings is 2. The van der Waals surface area contributed by atoms with E-state index in [0.29, 0.717) is 22.7 Å². The van der Waals surface area contributed by atoms with Gasteiger partial charge < -0.3 is 14.6 Å². The topological polar surface area (TPSA) is 56.5 Å². The standard InChI is InChI=1S/C19H17F3N2O3/c1-26-15-6-2-13(3-7-15)18-23-17(19(20,21)22)12-24(18)14-4-8-16(9-5-14)27-11-10-25/h2-9,12,25H,10-11H2,1H3. The SMILES string of the molecule is COc1ccc(-c2nc(C(F)(F)F)cn2-c2ccc(OCCO)cc2)cc1. The lowest BCUT2D eigenvalue weighted by Gasteiger charge is -2.10. The molecule has 0 saturated heterocycles. The number of rotatable bonds is 6. The quantitative estimate of drug-likeness (QED) is 0.706. The Morgan fingerprint density at radius 1 is 1.00 bits per heavy atom. The number of imidazole rings is 1. The largest absolute Gasteiger partial charge is 0.497 e. The van der Waals surface area contributed by atoms with Crippen LogP contribution in [-0.2, 0) is 6.18 Å². The van der Waals surface area contributed by atoms with Crippen LogP contribution in [0.4, 0.5) is 13.2 Å². The van der Waals surface area contributed by atoms with Crippen LogP contribution >= 0.6 is 0 Å².